The standard InChI is InChI=1S/C18H18N4OS/c1-11-10-22(15-6-4-5-7-16(15)24-11)18(23)13-8-14-12(2)20-21(3)17(14)19-9-13/h4-9,11H,10H2,1-3H3/t11-/m0/s1. The number of hydrogen-bond donors (Lipinski definition) is 0. The van der Waals surface area contributed by atoms with Gasteiger partial charge in [-0.1, -0.05) is 19.1 Å². The molecule has 6 heteroatoms. The summed E-state index contributed by atoms with van der Waals surface area (Å²) in [4.78, 5) is 20.6. The fourth-order valence-corrected chi connectivity index (χ4v) is 4.28. The molecular formula is C18H18N4OS. The van der Waals surface area contributed by atoms with Crippen molar-refractivity contribution in [3.05, 3.63) is 47.8 Å². The predicted octanol–water partition coefficient (Wildman–Crippen LogP) is 3.42. The first kappa shape index (κ1) is 15.2. The number of anilines is 1. The second-order valence-corrected chi connectivity index (χ2v) is 7.60. The number of para-hydroxylation sites is 1. The maximum atomic E-state index is 13.1. The Morgan fingerprint density at radius 1 is 1.33 bits per heavy atom. The van der Waals surface area contributed by atoms with Crippen LogP contribution in [0, 0.1) is 6.92 Å². The summed E-state index contributed by atoms with van der Waals surface area (Å²) in [5.41, 5.74) is 3.27. The van der Waals surface area contributed by atoms with E-state index >= 15 is 0 Å². The molecule has 4 rings (SSSR count). The molecule has 5 nitrogen and oxygen atoms in total. The van der Waals surface area contributed by atoms with E-state index in [9.17, 15) is 4.79 Å². The van der Waals surface area contributed by atoms with E-state index < -0.39 is 0 Å². The van der Waals surface area contributed by atoms with Crippen LogP contribution in [-0.4, -0.2) is 32.5 Å². The molecule has 0 bridgehead atoms. The van der Waals surface area contributed by atoms with Gasteiger partial charge in [-0.05, 0) is 25.1 Å². The van der Waals surface area contributed by atoms with Gasteiger partial charge >= 0.3 is 0 Å². The third kappa shape index (κ3) is 2.38. The number of hydrogen-bond acceptors (Lipinski definition) is 4. The van der Waals surface area contributed by atoms with Crippen LogP contribution < -0.4 is 4.90 Å². The number of aromatic nitrogens is 3. The lowest BCUT2D eigenvalue weighted by Gasteiger charge is -2.32. The normalized spacial score (nSPS) is 17.1. The van der Waals surface area contributed by atoms with Crippen molar-refractivity contribution < 1.29 is 4.79 Å². The molecular weight excluding hydrogens is 320 g/mol. The zero-order chi connectivity index (χ0) is 16.8. The number of carbonyl (C=O) groups excluding carboxylic acids is 1. The lowest BCUT2D eigenvalue weighted by Crippen LogP contribution is -2.38. The molecule has 1 aliphatic rings. The Morgan fingerprint density at radius 2 is 2.12 bits per heavy atom. The second kappa shape index (κ2) is 5.63. The van der Waals surface area contributed by atoms with E-state index in [0.29, 0.717) is 17.4 Å². The van der Waals surface area contributed by atoms with Gasteiger partial charge in [0.25, 0.3) is 5.91 Å². The highest BCUT2D eigenvalue weighted by Crippen LogP contribution is 2.38. The molecule has 0 fully saturated rings. The summed E-state index contributed by atoms with van der Waals surface area (Å²) < 4.78 is 1.74. The molecule has 24 heavy (non-hydrogen) atoms. The maximum absolute atomic E-state index is 13.1. The van der Waals surface area contributed by atoms with Crippen LogP contribution in [0.4, 0.5) is 5.69 Å². The number of benzene rings is 1. The smallest absolute Gasteiger partial charge is 0.259 e. The van der Waals surface area contributed by atoms with Crippen LogP contribution in [0.1, 0.15) is 23.0 Å². The number of amides is 1. The van der Waals surface area contributed by atoms with Gasteiger partial charge in [0.2, 0.25) is 0 Å². The minimum absolute atomic E-state index is 0.00717. The first-order valence-corrected chi connectivity index (χ1v) is 8.79. The van der Waals surface area contributed by atoms with E-state index in [1.807, 2.05) is 54.9 Å². The summed E-state index contributed by atoms with van der Waals surface area (Å²) in [6.45, 7) is 4.78. The van der Waals surface area contributed by atoms with Gasteiger partial charge in [0.1, 0.15) is 0 Å². The van der Waals surface area contributed by atoms with Gasteiger partial charge in [0, 0.05) is 35.3 Å². The summed E-state index contributed by atoms with van der Waals surface area (Å²) in [6, 6.07) is 9.97. The van der Waals surface area contributed by atoms with Crippen LogP contribution in [0.15, 0.2) is 41.4 Å². The average Bonchev–Trinajstić information content (AvgIpc) is 2.87. The number of carbonyl (C=O) groups is 1. The third-order valence-corrected chi connectivity index (χ3v) is 5.43. The van der Waals surface area contributed by atoms with Crippen molar-refractivity contribution in [3.8, 4) is 0 Å². The van der Waals surface area contributed by atoms with E-state index in [4.69, 9.17) is 0 Å². The molecule has 0 aliphatic carbocycles. The maximum Gasteiger partial charge on any atom is 0.259 e. The Balaban J connectivity index is 1.78. The number of pyridine rings is 1. The molecule has 122 valence electrons. The summed E-state index contributed by atoms with van der Waals surface area (Å²) in [6.07, 6.45) is 1.65. The van der Waals surface area contributed by atoms with Crippen molar-refractivity contribution in [1.82, 2.24) is 14.8 Å². The predicted molar refractivity (Wildman–Crippen MR) is 96.7 cm³/mol. The lowest BCUT2D eigenvalue weighted by atomic mass is 10.1. The molecule has 1 aliphatic heterocycles. The van der Waals surface area contributed by atoms with E-state index in [1.54, 1.807) is 10.9 Å². The van der Waals surface area contributed by atoms with Crippen molar-refractivity contribution >= 4 is 34.4 Å². The topological polar surface area (TPSA) is 51.0 Å². The minimum atomic E-state index is -0.00717. The number of rotatable bonds is 1. The zero-order valence-corrected chi connectivity index (χ0v) is 14.7. The summed E-state index contributed by atoms with van der Waals surface area (Å²) in [7, 11) is 1.86. The van der Waals surface area contributed by atoms with Gasteiger partial charge in [0.15, 0.2) is 5.65 Å². The lowest BCUT2D eigenvalue weighted by molar-refractivity contribution is 0.0986. The van der Waals surface area contributed by atoms with Gasteiger partial charge < -0.3 is 4.90 Å². The summed E-state index contributed by atoms with van der Waals surface area (Å²) in [5, 5.41) is 5.67. The Kier molecular flexibility index (Phi) is 3.57. The molecule has 0 radical (unpaired) electrons. The van der Waals surface area contributed by atoms with Crippen LogP contribution in [-0.2, 0) is 7.05 Å². The van der Waals surface area contributed by atoms with Crippen LogP contribution >= 0.6 is 11.8 Å². The molecule has 3 aromatic rings. The zero-order valence-electron chi connectivity index (χ0n) is 13.9. The first-order valence-electron chi connectivity index (χ1n) is 7.91. The average molecular weight is 338 g/mol. The Morgan fingerprint density at radius 3 is 2.96 bits per heavy atom. The van der Waals surface area contributed by atoms with E-state index in [0.717, 1.165) is 27.3 Å². The largest absolute Gasteiger partial charge is 0.306 e. The number of nitrogens with zero attached hydrogens (tertiary/aromatic N) is 4. The second-order valence-electron chi connectivity index (χ2n) is 6.12. The van der Waals surface area contributed by atoms with Crippen LogP contribution in [0.2, 0.25) is 0 Å². The molecule has 0 saturated heterocycles. The number of fused-ring (bicyclic) bond motifs is 2. The summed E-state index contributed by atoms with van der Waals surface area (Å²) in [5.74, 6) is -0.00717. The molecule has 0 unspecified atom stereocenters. The molecule has 0 spiro atoms. The van der Waals surface area contributed by atoms with Crippen LogP contribution in [0.25, 0.3) is 11.0 Å². The monoisotopic (exact) mass is 338 g/mol. The Hall–Kier alpha value is -2.34. The van der Waals surface area contributed by atoms with Crippen LogP contribution in [0.5, 0.6) is 0 Å². The van der Waals surface area contributed by atoms with Crippen LogP contribution in [0.3, 0.4) is 0 Å². The van der Waals surface area contributed by atoms with Crippen molar-refractivity contribution in [1.29, 1.82) is 0 Å². The van der Waals surface area contributed by atoms with Gasteiger partial charge in [-0.15, -0.1) is 11.8 Å². The van der Waals surface area contributed by atoms with Crippen molar-refractivity contribution in [3.63, 3.8) is 0 Å². The Labute approximate surface area is 144 Å². The minimum Gasteiger partial charge on any atom is -0.306 e. The highest BCUT2D eigenvalue weighted by molar-refractivity contribution is 8.00. The van der Waals surface area contributed by atoms with E-state index in [-0.39, 0.29) is 5.91 Å². The fourth-order valence-electron chi connectivity index (χ4n) is 3.16. The SMILES string of the molecule is Cc1nn(C)c2ncc(C(=O)N3C[C@H](C)Sc4ccccc43)cc12. The molecule has 0 N–H and O–H groups in total. The highest BCUT2D eigenvalue weighted by Gasteiger charge is 2.28. The Bertz CT molecular complexity index is 949. The quantitative estimate of drug-likeness (QED) is 0.682. The highest BCUT2D eigenvalue weighted by atomic mass is 32.2. The number of aryl methyl sites for hydroxylation is 2. The van der Waals surface area contributed by atoms with Gasteiger partial charge in [-0.2, -0.15) is 5.10 Å². The van der Waals surface area contributed by atoms with E-state index in [1.165, 1.54) is 0 Å². The summed E-state index contributed by atoms with van der Waals surface area (Å²) >= 11 is 1.81. The van der Waals surface area contributed by atoms with E-state index in [2.05, 4.69) is 23.1 Å². The molecule has 2 aromatic heterocycles. The number of thioether (sulfide) groups is 1. The van der Waals surface area contributed by atoms with Gasteiger partial charge in [0.05, 0.1) is 16.9 Å². The molecule has 3 heterocycles. The van der Waals surface area contributed by atoms with Crippen molar-refractivity contribution in [2.45, 2.75) is 24.0 Å². The fraction of sp³-hybridized carbons (Fsp3) is 0.278. The van der Waals surface area contributed by atoms with Crippen molar-refractivity contribution in [2.24, 2.45) is 7.05 Å². The molecule has 1 aromatic carbocycles. The van der Waals surface area contributed by atoms with Crippen molar-refractivity contribution in [2.75, 3.05) is 11.4 Å². The molecule has 1 amide bonds. The van der Waals surface area contributed by atoms with Gasteiger partial charge in [-0.3, -0.25) is 9.48 Å². The molecule has 0 saturated carbocycles. The first-order chi connectivity index (χ1) is 11.5. The van der Waals surface area contributed by atoms with Gasteiger partial charge in [-0.25, -0.2) is 4.98 Å². The third-order valence-electron chi connectivity index (χ3n) is 4.28. The molecule has 1 atom stereocenters.